The maximum absolute atomic E-state index is 10.2. The number of hydrogen-bond acceptors (Lipinski definition) is 1. The Balaban J connectivity index is 2.30. The molecule has 1 rings (SSSR count). The van der Waals surface area contributed by atoms with Gasteiger partial charge in [-0.2, -0.15) is 0 Å². The third-order valence-corrected chi connectivity index (χ3v) is 2.90. The van der Waals surface area contributed by atoms with E-state index in [0.717, 1.165) is 32.0 Å². The molecule has 17 heavy (non-hydrogen) atoms. The minimum Gasteiger partial charge on any atom is -0.303 e. The maximum Gasteiger partial charge on any atom is 0.120 e. The molecule has 1 aromatic rings. The standard InChI is InChI=1S/C16H22O/c1-14(7-3-4-12-17)8-5-10-16-11-6-9-15(2)13-16/h6,8-9,11-13H,3-5,7,10H2,1-2H3. The van der Waals surface area contributed by atoms with Crippen molar-refractivity contribution in [3.8, 4) is 0 Å². The van der Waals surface area contributed by atoms with Gasteiger partial charge in [0.1, 0.15) is 6.29 Å². The van der Waals surface area contributed by atoms with E-state index in [1.165, 1.54) is 16.7 Å². The lowest BCUT2D eigenvalue weighted by molar-refractivity contribution is -0.107. The zero-order valence-electron chi connectivity index (χ0n) is 10.9. The van der Waals surface area contributed by atoms with Crippen molar-refractivity contribution in [2.75, 3.05) is 0 Å². The van der Waals surface area contributed by atoms with Crippen molar-refractivity contribution in [2.45, 2.75) is 46.0 Å². The van der Waals surface area contributed by atoms with Gasteiger partial charge in [-0.3, -0.25) is 0 Å². The second-order valence-corrected chi connectivity index (χ2v) is 4.64. The van der Waals surface area contributed by atoms with E-state index in [0.29, 0.717) is 6.42 Å². The van der Waals surface area contributed by atoms with Crippen LogP contribution in [0.1, 0.15) is 43.7 Å². The van der Waals surface area contributed by atoms with Crippen molar-refractivity contribution in [3.05, 3.63) is 47.0 Å². The molecule has 0 radical (unpaired) electrons. The molecule has 0 saturated heterocycles. The molecule has 0 unspecified atom stereocenters. The monoisotopic (exact) mass is 230 g/mol. The average molecular weight is 230 g/mol. The van der Waals surface area contributed by atoms with Gasteiger partial charge >= 0.3 is 0 Å². The van der Waals surface area contributed by atoms with Crippen molar-refractivity contribution in [3.63, 3.8) is 0 Å². The van der Waals surface area contributed by atoms with Gasteiger partial charge in [-0.1, -0.05) is 41.5 Å². The first-order chi connectivity index (χ1) is 8.22. The van der Waals surface area contributed by atoms with Crippen LogP contribution in [0.2, 0.25) is 0 Å². The Labute approximate surface area is 105 Å². The average Bonchev–Trinajstić information content (AvgIpc) is 2.29. The quantitative estimate of drug-likeness (QED) is 0.389. The summed E-state index contributed by atoms with van der Waals surface area (Å²) in [5, 5.41) is 0. The molecular formula is C16H22O. The van der Waals surface area contributed by atoms with E-state index in [-0.39, 0.29) is 0 Å². The van der Waals surface area contributed by atoms with Crippen LogP contribution < -0.4 is 0 Å². The van der Waals surface area contributed by atoms with Crippen molar-refractivity contribution in [2.24, 2.45) is 0 Å². The molecule has 0 bridgehead atoms. The highest BCUT2D eigenvalue weighted by Crippen LogP contribution is 2.10. The van der Waals surface area contributed by atoms with Gasteiger partial charge in [0.15, 0.2) is 0 Å². The van der Waals surface area contributed by atoms with Gasteiger partial charge in [0.05, 0.1) is 0 Å². The smallest absolute Gasteiger partial charge is 0.120 e. The van der Waals surface area contributed by atoms with Crippen LogP contribution in [0.3, 0.4) is 0 Å². The van der Waals surface area contributed by atoms with Gasteiger partial charge in [-0.15, -0.1) is 0 Å². The van der Waals surface area contributed by atoms with Crippen molar-refractivity contribution in [1.82, 2.24) is 0 Å². The number of aryl methyl sites for hydroxylation is 2. The lowest BCUT2D eigenvalue weighted by atomic mass is 10.0. The number of aldehydes is 1. The molecular weight excluding hydrogens is 208 g/mol. The highest BCUT2D eigenvalue weighted by Gasteiger charge is 1.94. The number of rotatable bonds is 7. The molecule has 1 aromatic carbocycles. The van der Waals surface area contributed by atoms with E-state index in [2.05, 4.69) is 44.2 Å². The fourth-order valence-electron chi connectivity index (χ4n) is 1.92. The van der Waals surface area contributed by atoms with Crippen LogP contribution in [0.5, 0.6) is 0 Å². The first kappa shape index (κ1) is 13.7. The Bertz CT molecular complexity index is 377. The summed E-state index contributed by atoms with van der Waals surface area (Å²) >= 11 is 0. The van der Waals surface area contributed by atoms with E-state index in [1.807, 2.05) is 0 Å². The molecule has 92 valence electrons. The summed E-state index contributed by atoms with van der Waals surface area (Å²) in [4.78, 5) is 10.2. The minimum absolute atomic E-state index is 0.684. The van der Waals surface area contributed by atoms with Gasteiger partial charge in [0, 0.05) is 6.42 Å². The van der Waals surface area contributed by atoms with Crippen LogP contribution in [0.4, 0.5) is 0 Å². The fourth-order valence-corrected chi connectivity index (χ4v) is 1.92. The Morgan fingerprint density at radius 2 is 2.12 bits per heavy atom. The number of allylic oxidation sites excluding steroid dienone is 2. The van der Waals surface area contributed by atoms with Gasteiger partial charge < -0.3 is 4.79 Å². The van der Waals surface area contributed by atoms with Crippen LogP contribution in [0, 0.1) is 6.92 Å². The summed E-state index contributed by atoms with van der Waals surface area (Å²) in [6.07, 6.45) is 8.21. The van der Waals surface area contributed by atoms with Crippen LogP contribution in [0.25, 0.3) is 0 Å². The highest BCUT2D eigenvalue weighted by molar-refractivity contribution is 5.49. The molecule has 0 N–H and O–H groups in total. The van der Waals surface area contributed by atoms with E-state index in [4.69, 9.17) is 0 Å². The normalized spacial score (nSPS) is 11.5. The molecule has 0 amide bonds. The molecule has 1 heteroatoms. The third-order valence-electron chi connectivity index (χ3n) is 2.90. The number of carbonyl (C=O) groups excluding carboxylic acids is 1. The van der Waals surface area contributed by atoms with Crippen LogP contribution in [0.15, 0.2) is 35.9 Å². The summed E-state index contributed by atoms with van der Waals surface area (Å²) in [7, 11) is 0. The van der Waals surface area contributed by atoms with Gasteiger partial charge in [-0.25, -0.2) is 0 Å². The second-order valence-electron chi connectivity index (χ2n) is 4.64. The lowest BCUT2D eigenvalue weighted by Gasteiger charge is -2.02. The first-order valence-electron chi connectivity index (χ1n) is 6.37. The summed E-state index contributed by atoms with van der Waals surface area (Å²) in [5.74, 6) is 0. The molecule has 0 aliphatic carbocycles. The largest absolute Gasteiger partial charge is 0.303 e. The number of benzene rings is 1. The van der Waals surface area contributed by atoms with E-state index in [9.17, 15) is 4.79 Å². The van der Waals surface area contributed by atoms with Crippen molar-refractivity contribution < 1.29 is 4.79 Å². The third kappa shape index (κ3) is 6.06. The van der Waals surface area contributed by atoms with Crippen LogP contribution in [-0.2, 0) is 11.2 Å². The Morgan fingerprint density at radius 1 is 1.29 bits per heavy atom. The molecule has 0 saturated carbocycles. The number of hydrogen-bond donors (Lipinski definition) is 0. The predicted molar refractivity (Wildman–Crippen MR) is 73.2 cm³/mol. The lowest BCUT2D eigenvalue weighted by Crippen LogP contribution is -1.86. The van der Waals surface area contributed by atoms with Gasteiger partial charge in [0.2, 0.25) is 0 Å². The summed E-state index contributed by atoms with van der Waals surface area (Å²) in [6, 6.07) is 8.67. The zero-order valence-corrected chi connectivity index (χ0v) is 10.9. The van der Waals surface area contributed by atoms with Crippen LogP contribution >= 0.6 is 0 Å². The van der Waals surface area contributed by atoms with Gasteiger partial charge in [0.25, 0.3) is 0 Å². The maximum atomic E-state index is 10.2. The highest BCUT2D eigenvalue weighted by atomic mass is 16.1. The summed E-state index contributed by atoms with van der Waals surface area (Å²) in [5.41, 5.74) is 4.13. The fraction of sp³-hybridized carbons (Fsp3) is 0.438. The molecule has 0 fully saturated rings. The topological polar surface area (TPSA) is 17.1 Å². The molecule has 0 spiro atoms. The Morgan fingerprint density at radius 3 is 2.82 bits per heavy atom. The SMILES string of the molecule is CC(=CCCc1cccc(C)c1)CCCC=O. The predicted octanol–water partition coefficient (Wildman–Crippen LogP) is 4.24. The summed E-state index contributed by atoms with van der Waals surface area (Å²) < 4.78 is 0. The van der Waals surface area contributed by atoms with Gasteiger partial charge in [-0.05, 0) is 45.1 Å². The van der Waals surface area contributed by atoms with Crippen molar-refractivity contribution >= 4 is 6.29 Å². The molecule has 0 aromatic heterocycles. The second kappa shape index (κ2) is 7.83. The number of carbonyl (C=O) groups is 1. The van der Waals surface area contributed by atoms with E-state index < -0.39 is 0 Å². The first-order valence-corrected chi connectivity index (χ1v) is 6.37. The van der Waals surface area contributed by atoms with Crippen molar-refractivity contribution in [1.29, 1.82) is 0 Å². The van der Waals surface area contributed by atoms with E-state index >= 15 is 0 Å². The minimum atomic E-state index is 0.684. The van der Waals surface area contributed by atoms with Crippen LogP contribution in [-0.4, -0.2) is 6.29 Å². The zero-order chi connectivity index (χ0) is 12.5. The Hall–Kier alpha value is -1.37. The summed E-state index contributed by atoms with van der Waals surface area (Å²) in [6.45, 7) is 4.28. The molecule has 0 atom stereocenters. The molecule has 0 heterocycles. The molecule has 0 aliphatic heterocycles. The number of unbranched alkanes of at least 4 members (excludes halogenated alkanes) is 1. The molecule has 1 nitrogen and oxygen atoms in total. The van der Waals surface area contributed by atoms with E-state index in [1.54, 1.807) is 0 Å². The Kier molecular flexibility index (Phi) is 6.31. The molecule has 0 aliphatic rings.